The highest BCUT2D eigenvalue weighted by molar-refractivity contribution is 5.83. The van der Waals surface area contributed by atoms with E-state index in [9.17, 15) is 4.79 Å². The van der Waals surface area contributed by atoms with Gasteiger partial charge >= 0.3 is 5.97 Å². The number of esters is 1. The minimum atomic E-state index is -0.213. The Hall–Kier alpha value is -0.830. The summed E-state index contributed by atoms with van der Waals surface area (Å²) >= 11 is 0. The van der Waals surface area contributed by atoms with Crippen LogP contribution >= 0.6 is 0 Å². The van der Waals surface area contributed by atoms with Crippen LogP contribution in [0.25, 0.3) is 0 Å². The SMILES string of the molecule is COC(=O)/C=C1/CC2NCCC12. The molecule has 2 rings (SSSR count). The van der Waals surface area contributed by atoms with Gasteiger partial charge in [0.25, 0.3) is 0 Å². The van der Waals surface area contributed by atoms with Gasteiger partial charge in [-0.1, -0.05) is 5.57 Å². The third-order valence-corrected chi connectivity index (χ3v) is 2.78. The van der Waals surface area contributed by atoms with Crippen LogP contribution < -0.4 is 5.32 Å². The lowest BCUT2D eigenvalue weighted by molar-refractivity contribution is -0.135. The lowest BCUT2D eigenvalue weighted by atomic mass is 9.75. The Morgan fingerprint density at radius 2 is 2.58 bits per heavy atom. The smallest absolute Gasteiger partial charge is 0.330 e. The van der Waals surface area contributed by atoms with Gasteiger partial charge in [0.1, 0.15) is 0 Å². The third-order valence-electron chi connectivity index (χ3n) is 2.78. The third kappa shape index (κ3) is 1.14. The van der Waals surface area contributed by atoms with E-state index in [0.717, 1.165) is 13.0 Å². The van der Waals surface area contributed by atoms with Crippen molar-refractivity contribution in [2.75, 3.05) is 13.7 Å². The fraction of sp³-hybridized carbons (Fsp3) is 0.667. The van der Waals surface area contributed by atoms with E-state index in [0.29, 0.717) is 12.0 Å². The van der Waals surface area contributed by atoms with Gasteiger partial charge in [-0.25, -0.2) is 4.79 Å². The van der Waals surface area contributed by atoms with Gasteiger partial charge in [0.2, 0.25) is 0 Å². The molecule has 1 aliphatic carbocycles. The first-order chi connectivity index (χ1) is 5.81. The maximum atomic E-state index is 10.9. The second-order valence-electron chi connectivity index (χ2n) is 3.40. The van der Waals surface area contributed by atoms with E-state index in [1.807, 2.05) is 0 Å². The van der Waals surface area contributed by atoms with E-state index in [4.69, 9.17) is 0 Å². The van der Waals surface area contributed by atoms with Crippen molar-refractivity contribution in [2.45, 2.75) is 18.9 Å². The quantitative estimate of drug-likeness (QED) is 0.455. The van der Waals surface area contributed by atoms with Crippen molar-refractivity contribution in [3.8, 4) is 0 Å². The summed E-state index contributed by atoms with van der Waals surface area (Å²) in [5.41, 5.74) is 1.26. The topological polar surface area (TPSA) is 38.3 Å². The normalized spacial score (nSPS) is 35.9. The molecule has 0 aromatic heterocycles. The van der Waals surface area contributed by atoms with E-state index < -0.39 is 0 Å². The van der Waals surface area contributed by atoms with Crippen LogP contribution in [-0.4, -0.2) is 25.7 Å². The number of rotatable bonds is 1. The molecule has 2 atom stereocenters. The van der Waals surface area contributed by atoms with Crippen molar-refractivity contribution in [1.29, 1.82) is 0 Å². The molecule has 2 fully saturated rings. The molecule has 0 radical (unpaired) electrons. The molecule has 0 aromatic rings. The summed E-state index contributed by atoms with van der Waals surface area (Å²) in [5.74, 6) is 0.402. The molecular weight excluding hydrogens is 154 g/mol. The van der Waals surface area contributed by atoms with E-state index in [-0.39, 0.29) is 5.97 Å². The second kappa shape index (κ2) is 2.90. The van der Waals surface area contributed by atoms with Gasteiger partial charge in [0.05, 0.1) is 7.11 Å². The van der Waals surface area contributed by atoms with Gasteiger partial charge in [-0.05, 0) is 25.3 Å². The number of carbonyl (C=O) groups is 1. The van der Waals surface area contributed by atoms with Crippen LogP contribution in [0.1, 0.15) is 12.8 Å². The lowest BCUT2D eigenvalue weighted by Gasteiger charge is -2.33. The predicted molar refractivity (Wildman–Crippen MR) is 44.6 cm³/mol. The molecule has 12 heavy (non-hydrogen) atoms. The lowest BCUT2D eigenvalue weighted by Crippen LogP contribution is -2.38. The minimum Gasteiger partial charge on any atom is -0.466 e. The van der Waals surface area contributed by atoms with Crippen molar-refractivity contribution in [3.05, 3.63) is 11.6 Å². The zero-order valence-corrected chi connectivity index (χ0v) is 7.17. The van der Waals surface area contributed by atoms with Crippen LogP contribution in [0, 0.1) is 5.92 Å². The molecule has 3 nitrogen and oxygen atoms in total. The first kappa shape index (κ1) is 7.80. The van der Waals surface area contributed by atoms with Crippen LogP contribution in [0.2, 0.25) is 0 Å². The molecule has 1 aliphatic heterocycles. The maximum absolute atomic E-state index is 10.9. The molecule has 2 unspecified atom stereocenters. The first-order valence-electron chi connectivity index (χ1n) is 4.33. The Balaban J connectivity index is 1.99. The molecule has 1 saturated carbocycles. The van der Waals surface area contributed by atoms with Crippen LogP contribution in [0.4, 0.5) is 0 Å². The van der Waals surface area contributed by atoms with E-state index >= 15 is 0 Å². The molecule has 1 heterocycles. The minimum absolute atomic E-state index is 0.213. The number of fused-ring (bicyclic) bond motifs is 1. The summed E-state index contributed by atoms with van der Waals surface area (Å²) in [6.45, 7) is 1.09. The Morgan fingerprint density at radius 3 is 3.25 bits per heavy atom. The number of hydrogen-bond donors (Lipinski definition) is 1. The van der Waals surface area contributed by atoms with Gasteiger partial charge in [-0.2, -0.15) is 0 Å². The molecule has 0 aromatic carbocycles. The predicted octanol–water partition coefficient (Wildman–Crippen LogP) is 0.468. The average Bonchev–Trinajstić information content (AvgIpc) is 2.42. The molecule has 0 amide bonds. The van der Waals surface area contributed by atoms with Crippen LogP contribution in [0.5, 0.6) is 0 Å². The van der Waals surface area contributed by atoms with E-state index in [1.165, 1.54) is 19.1 Å². The Kier molecular flexibility index (Phi) is 1.89. The fourth-order valence-electron chi connectivity index (χ4n) is 2.05. The summed E-state index contributed by atoms with van der Waals surface area (Å²) in [5, 5.41) is 3.38. The van der Waals surface area contributed by atoms with Gasteiger partial charge in [-0.3, -0.25) is 0 Å². The Morgan fingerprint density at radius 1 is 1.75 bits per heavy atom. The molecular formula is C9H13NO2. The van der Waals surface area contributed by atoms with Crippen LogP contribution in [-0.2, 0) is 9.53 Å². The standard InChI is InChI=1S/C9H13NO2/c1-12-9(11)5-6-4-8-7(6)2-3-10-8/h5,7-8,10H,2-4H2,1H3/b6-5-. The van der Waals surface area contributed by atoms with Gasteiger partial charge in [0.15, 0.2) is 0 Å². The number of nitrogens with one attached hydrogen (secondary N) is 1. The summed E-state index contributed by atoms with van der Waals surface area (Å²) in [7, 11) is 1.42. The van der Waals surface area contributed by atoms with E-state index in [1.54, 1.807) is 6.08 Å². The highest BCUT2D eigenvalue weighted by Gasteiger charge is 2.39. The number of hydrogen-bond acceptors (Lipinski definition) is 3. The Bertz CT molecular complexity index is 235. The molecule has 66 valence electrons. The number of methoxy groups -OCH3 is 1. The monoisotopic (exact) mass is 167 g/mol. The maximum Gasteiger partial charge on any atom is 0.330 e. The van der Waals surface area contributed by atoms with Crippen LogP contribution in [0.3, 0.4) is 0 Å². The van der Waals surface area contributed by atoms with Crippen molar-refractivity contribution < 1.29 is 9.53 Å². The summed E-state index contributed by atoms with van der Waals surface area (Å²) in [6.07, 6.45) is 3.85. The number of ether oxygens (including phenoxy) is 1. The second-order valence-corrected chi connectivity index (χ2v) is 3.40. The summed E-state index contributed by atoms with van der Waals surface area (Å²) in [4.78, 5) is 10.9. The van der Waals surface area contributed by atoms with Crippen molar-refractivity contribution in [3.63, 3.8) is 0 Å². The molecule has 0 spiro atoms. The molecule has 3 heteroatoms. The van der Waals surface area contributed by atoms with Crippen molar-refractivity contribution in [1.82, 2.24) is 5.32 Å². The Labute approximate surface area is 71.8 Å². The van der Waals surface area contributed by atoms with Crippen molar-refractivity contribution in [2.24, 2.45) is 5.92 Å². The molecule has 0 bridgehead atoms. The van der Waals surface area contributed by atoms with Gasteiger partial charge < -0.3 is 10.1 Å². The van der Waals surface area contributed by atoms with E-state index in [2.05, 4.69) is 10.1 Å². The summed E-state index contributed by atoms with van der Waals surface area (Å²) in [6, 6.07) is 0.640. The zero-order valence-electron chi connectivity index (χ0n) is 7.17. The van der Waals surface area contributed by atoms with Gasteiger partial charge in [-0.15, -0.1) is 0 Å². The van der Waals surface area contributed by atoms with Crippen LogP contribution in [0.15, 0.2) is 11.6 Å². The average molecular weight is 167 g/mol. The first-order valence-corrected chi connectivity index (χ1v) is 4.33. The fourth-order valence-corrected chi connectivity index (χ4v) is 2.05. The van der Waals surface area contributed by atoms with Crippen molar-refractivity contribution >= 4 is 5.97 Å². The molecule has 2 aliphatic rings. The highest BCUT2D eigenvalue weighted by atomic mass is 16.5. The molecule has 1 N–H and O–H groups in total. The number of carbonyl (C=O) groups excluding carboxylic acids is 1. The highest BCUT2D eigenvalue weighted by Crippen LogP contribution is 2.39. The summed E-state index contributed by atoms with van der Waals surface area (Å²) < 4.78 is 4.57. The zero-order chi connectivity index (χ0) is 8.55. The largest absolute Gasteiger partial charge is 0.466 e. The van der Waals surface area contributed by atoms with Gasteiger partial charge in [0, 0.05) is 12.1 Å². The molecule has 1 saturated heterocycles.